The number of carbonyl (C=O) groups excluding carboxylic acids is 2. The Bertz CT molecular complexity index is 1330. The summed E-state index contributed by atoms with van der Waals surface area (Å²) in [7, 11) is 0. The molecule has 7 nitrogen and oxygen atoms in total. The highest BCUT2D eigenvalue weighted by Crippen LogP contribution is 2.41. The van der Waals surface area contributed by atoms with Crippen LogP contribution < -0.4 is 14.8 Å². The van der Waals surface area contributed by atoms with Crippen LogP contribution in [0.3, 0.4) is 0 Å². The summed E-state index contributed by atoms with van der Waals surface area (Å²) in [5.74, 6) is 0.442. The number of anilines is 1. The van der Waals surface area contributed by atoms with E-state index in [4.69, 9.17) is 26.1 Å². The third-order valence-electron chi connectivity index (χ3n) is 7.96. The molecule has 9 heteroatoms. The van der Waals surface area contributed by atoms with E-state index in [0.29, 0.717) is 33.7 Å². The Hall–Kier alpha value is -2.97. The maximum Gasteiger partial charge on any atom is 0.266 e. The number of hydrogen-bond acceptors (Lipinski definition) is 6. The molecule has 3 aliphatic rings. The van der Waals surface area contributed by atoms with Crippen LogP contribution in [-0.2, 0) is 9.59 Å². The number of halogens is 1. The van der Waals surface area contributed by atoms with Crippen LogP contribution in [-0.4, -0.2) is 47.2 Å². The molecule has 2 aliphatic carbocycles. The van der Waals surface area contributed by atoms with Crippen molar-refractivity contribution >= 4 is 52.1 Å². The van der Waals surface area contributed by atoms with Crippen LogP contribution in [0.2, 0.25) is 5.02 Å². The molecule has 0 bridgehead atoms. The topological polar surface area (TPSA) is 80.2 Å². The first-order chi connectivity index (χ1) is 20.4. The van der Waals surface area contributed by atoms with E-state index < -0.39 is 0 Å². The molecule has 2 saturated carbocycles. The second-order valence-corrected chi connectivity index (χ2v) is 12.7. The lowest BCUT2D eigenvalue weighted by molar-refractivity contribution is -0.124. The third kappa shape index (κ3) is 7.70. The Kier molecular flexibility index (Phi) is 10.5. The molecular formula is C33H40ClN3O4S. The summed E-state index contributed by atoms with van der Waals surface area (Å²) in [6.45, 7) is 4.03. The largest absolute Gasteiger partial charge is 0.490 e. The van der Waals surface area contributed by atoms with Crippen LogP contribution >= 0.6 is 23.4 Å². The molecular weight excluding hydrogens is 570 g/mol. The molecule has 0 aromatic heterocycles. The Labute approximate surface area is 258 Å². The summed E-state index contributed by atoms with van der Waals surface area (Å²) >= 11 is 8.14. The van der Waals surface area contributed by atoms with E-state index >= 15 is 0 Å². The smallest absolute Gasteiger partial charge is 0.266 e. The van der Waals surface area contributed by atoms with E-state index in [1.807, 2.05) is 55.2 Å². The van der Waals surface area contributed by atoms with E-state index in [2.05, 4.69) is 5.32 Å². The number of aryl methyl sites for hydroxylation is 1. The van der Waals surface area contributed by atoms with Gasteiger partial charge in [-0.2, -0.15) is 0 Å². The number of amidine groups is 1. The van der Waals surface area contributed by atoms with Gasteiger partial charge in [0.2, 0.25) is 0 Å². The third-order valence-corrected chi connectivity index (χ3v) is 9.23. The number of nitrogens with zero attached hydrogens (tertiary/aromatic N) is 2. The normalized spacial score (nSPS) is 20.4. The summed E-state index contributed by atoms with van der Waals surface area (Å²) in [6.07, 6.45) is 13.3. The van der Waals surface area contributed by atoms with Gasteiger partial charge >= 0.3 is 0 Å². The summed E-state index contributed by atoms with van der Waals surface area (Å²) in [5, 5.41) is 3.99. The second-order valence-electron chi connectivity index (χ2n) is 11.2. The minimum atomic E-state index is -0.302. The van der Waals surface area contributed by atoms with Gasteiger partial charge in [0, 0.05) is 11.7 Å². The zero-order chi connectivity index (χ0) is 29.5. The van der Waals surface area contributed by atoms with Crippen LogP contribution in [0.4, 0.5) is 5.69 Å². The highest BCUT2D eigenvalue weighted by atomic mass is 35.5. The van der Waals surface area contributed by atoms with Gasteiger partial charge in [0.15, 0.2) is 23.3 Å². The number of ether oxygens (including phenoxy) is 2. The number of carbonyl (C=O) groups is 2. The van der Waals surface area contributed by atoms with Crippen molar-refractivity contribution < 1.29 is 19.1 Å². The lowest BCUT2D eigenvalue weighted by atomic mass is 9.94. The molecule has 0 spiro atoms. The fourth-order valence-electron chi connectivity index (χ4n) is 5.80. The zero-order valence-electron chi connectivity index (χ0n) is 24.5. The number of aliphatic imine (C=N–C) groups is 1. The molecule has 1 heterocycles. The van der Waals surface area contributed by atoms with E-state index in [9.17, 15) is 9.59 Å². The van der Waals surface area contributed by atoms with Gasteiger partial charge in [0.05, 0.1) is 22.6 Å². The van der Waals surface area contributed by atoms with E-state index in [-0.39, 0.29) is 30.5 Å². The molecule has 0 radical (unpaired) electrons. The molecule has 224 valence electrons. The minimum Gasteiger partial charge on any atom is -0.490 e. The van der Waals surface area contributed by atoms with Crippen LogP contribution in [0.5, 0.6) is 11.5 Å². The summed E-state index contributed by atoms with van der Waals surface area (Å²) in [6, 6.07) is 11.6. The Morgan fingerprint density at radius 2 is 1.74 bits per heavy atom. The van der Waals surface area contributed by atoms with E-state index in [0.717, 1.165) is 54.8 Å². The average Bonchev–Trinajstić information content (AvgIpc) is 3.28. The standard InChI is InChI=1S/C33H40ClN3O4S/c1-3-40-28-19-23(18-27(34)31(28)41-21-30(38)35-25-16-14-22(2)15-17-25)20-29-32(39)37(26-12-8-5-9-13-26)33(42-29)36-24-10-6-4-7-11-24/h14-20,24,26H,3-13,21H2,1-2H3,(H,35,38). The van der Waals surface area contributed by atoms with Crippen molar-refractivity contribution in [3.05, 3.63) is 57.5 Å². The van der Waals surface area contributed by atoms with Gasteiger partial charge in [-0.1, -0.05) is 67.8 Å². The first kappa shape index (κ1) is 30.5. The summed E-state index contributed by atoms with van der Waals surface area (Å²) < 4.78 is 11.7. The number of hydrogen-bond donors (Lipinski definition) is 1. The number of benzene rings is 2. The van der Waals surface area contributed by atoms with Crippen molar-refractivity contribution in [3.63, 3.8) is 0 Å². The number of thioether (sulfide) groups is 1. The molecule has 1 aliphatic heterocycles. The molecule has 2 aromatic carbocycles. The molecule has 2 amide bonds. The molecule has 42 heavy (non-hydrogen) atoms. The fourth-order valence-corrected chi connectivity index (χ4v) is 7.18. The molecule has 1 N–H and O–H groups in total. The Balaban J connectivity index is 1.35. The Morgan fingerprint density at radius 3 is 2.43 bits per heavy atom. The van der Waals surface area contributed by atoms with Crippen molar-refractivity contribution in [3.8, 4) is 11.5 Å². The molecule has 0 atom stereocenters. The molecule has 2 aromatic rings. The second kappa shape index (κ2) is 14.5. The number of amides is 2. The van der Waals surface area contributed by atoms with Crippen LogP contribution in [0.25, 0.3) is 6.08 Å². The monoisotopic (exact) mass is 609 g/mol. The predicted octanol–water partition coefficient (Wildman–Crippen LogP) is 8.00. The van der Waals surface area contributed by atoms with Crippen molar-refractivity contribution in [2.45, 2.75) is 90.1 Å². The number of rotatable bonds is 9. The van der Waals surface area contributed by atoms with Crippen molar-refractivity contribution in [2.75, 3.05) is 18.5 Å². The zero-order valence-corrected chi connectivity index (χ0v) is 26.1. The van der Waals surface area contributed by atoms with Gasteiger partial charge in [-0.25, -0.2) is 0 Å². The van der Waals surface area contributed by atoms with Crippen molar-refractivity contribution in [1.82, 2.24) is 4.90 Å². The minimum absolute atomic E-state index is 0.0173. The average molecular weight is 610 g/mol. The van der Waals surface area contributed by atoms with Crippen LogP contribution in [0.15, 0.2) is 46.3 Å². The first-order valence-corrected chi connectivity index (χ1v) is 16.4. The quantitative estimate of drug-likeness (QED) is 0.291. The van der Waals surface area contributed by atoms with Gasteiger partial charge in [0.25, 0.3) is 11.8 Å². The first-order valence-electron chi connectivity index (χ1n) is 15.2. The van der Waals surface area contributed by atoms with Gasteiger partial charge in [-0.15, -0.1) is 0 Å². The van der Waals surface area contributed by atoms with Gasteiger partial charge < -0.3 is 14.8 Å². The highest BCUT2D eigenvalue weighted by molar-refractivity contribution is 8.18. The lowest BCUT2D eigenvalue weighted by Crippen LogP contribution is -2.41. The summed E-state index contributed by atoms with van der Waals surface area (Å²) in [4.78, 5) is 34.1. The molecule has 5 rings (SSSR count). The Morgan fingerprint density at radius 1 is 1.05 bits per heavy atom. The van der Waals surface area contributed by atoms with Crippen LogP contribution in [0.1, 0.15) is 82.3 Å². The van der Waals surface area contributed by atoms with Gasteiger partial charge in [0.1, 0.15) is 0 Å². The van der Waals surface area contributed by atoms with E-state index in [1.165, 1.54) is 37.4 Å². The van der Waals surface area contributed by atoms with Gasteiger partial charge in [-0.3, -0.25) is 19.5 Å². The van der Waals surface area contributed by atoms with Crippen molar-refractivity contribution in [2.24, 2.45) is 4.99 Å². The number of nitrogens with one attached hydrogen (secondary N) is 1. The SMILES string of the molecule is CCOc1cc(C=C2SC(=NC3CCCCC3)N(C3CCCCC3)C2=O)cc(Cl)c1OCC(=O)Nc1ccc(C)cc1. The van der Waals surface area contributed by atoms with Gasteiger partial charge in [-0.05, 0) is 87.2 Å². The predicted molar refractivity (Wildman–Crippen MR) is 172 cm³/mol. The maximum atomic E-state index is 13.8. The molecule has 3 fully saturated rings. The lowest BCUT2D eigenvalue weighted by Gasteiger charge is -2.31. The summed E-state index contributed by atoms with van der Waals surface area (Å²) in [5.41, 5.74) is 2.54. The molecule has 1 saturated heterocycles. The maximum absolute atomic E-state index is 13.8. The molecule has 0 unspecified atom stereocenters. The van der Waals surface area contributed by atoms with Crippen LogP contribution in [0, 0.1) is 6.92 Å². The van der Waals surface area contributed by atoms with Crippen molar-refractivity contribution in [1.29, 1.82) is 0 Å². The highest BCUT2D eigenvalue weighted by Gasteiger charge is 2.39. The fraction of sp³-hybridized carbons (Fsp3) is 0.485. The van der Waals surface area contributed by atoms with E-state index in [1.54, 1.807) is 6.07 Å².